The van der Waals surface area contributed by atoms with Crippen LogP contribution in [0, 0.1) is 22.7 Å². The second-order valence-electron chi connectivity index (χ2n) is 4.69. The molecule has 2 aliphatic rings. The molecule has 0 radical (unpaired) electrons. The van der Waals surface area contributed by atoms with E-state index in [9.17, 15) is 4.79 Å². The Morgan fingerprint density at radius 1 is 1.50 bits per heavy atom. The first-order valence-electron chi connectivity index (χ1n) is 5.40. The van der Waals surface area contributed by atoms with Crippen molar-refractivity contribution in [2.45, 2.75) is 45.1 Å². The first kappa shape index (κ1) is 9.51. The van der Waals surface area contributed by atoms with Crippen molar-refractivity contribution in [2.24, 2.45) is 11.3 Å². The molecule has 3 heteroatoms. The van der Waals surface area contributed by atoms with Crippen molar-refractivity contribution >= 4 is 5.91 Å². The van der Waals surface area contributed by atoms with Gasteiger partial charge in [0.25, 0.3) is 0 Å². The van der Waals surface area contributed by atoms with E-state index >= 15 is 0 Å². The van der Waals surface area contributed by atoms with Crippen molar-refractivity contribution in [1.82, 2.24) is 5.32 Å². The Hall–Kier alpha value is -1.04. The molecule has 0 spiro atoms. The average molecular weight is 192 g/mol. The Morgan fingerprint density at radius 3 is 2.50 bits per heavy atom. The highest BCUT2D eigenvalue weighted by Crippen LogP contribution is 2.39. The van der Waals surface area contributed by atoms with E-state index in [1.54, 1.807) is 0 Å². The zero-order valence-electron chi connectivity index (χ0n) is 8.55. The van der Waals surface area contributed by atoms with E-state index in [4.69, 9.17) is 5.26 Å². The van der Waals surface area contributed by atoms with E-state index in [1.165, 1.54) is 0 Å². The van der Waals surface area contributed by atoms with Crippen LogP contribution in [-0.2, 0) is 4.79 Å². The fraction of sp³-hybridized carbons (Fsp3) is 0.818. The summed E-state index contributed by atoms with van der Waals surface area (Å²) in [7, 11) is 0. The summed E-state index contributed by atoms with van der Waals surface area (Å²) in [5, 5.41) is 12.1. The van der Waals surface area contributed by atoms with Gasteiger partial charge in [-0.3, -0.25) is 4.79 Å². The lowest BCUT2D eigenvalue weighted by atomic mass is 9.87. The van der Waals surface area contributed by atoms with Gasteiger partial charge in [-0.1, -0.05) is 19.8 Å². The predicted molar refractivity (Wildman–Crippen MR) is 52.2 cm³/mol. The van der Waals surface area contributed by atoms with Crippen molar-refractivity contribution in [1.29, 1.82) is 5.26 Å². The maximum absolute atomic E-state index is 11.9. The maximum Gasteiger partial charge on any atom is 0.240 e. The molecule has 0 aliphatic heterocycles. The van der Waals surface area contributed by atoms with Gasteiger partial charge in [-0.15, -0.1) is 0 Å². The molecule has 2 aliphatic carbocycles. The Morgan fingerprint density at radius 2 is 2.07 bits per heavy atom. The Labute approximate surface area is 84.5 Å². The molecule has 2 saturated carbocycles. The van der Waals surface area contributed by atoms with Crippen LogP contribution in [0.5, 0.6) is 0 Å². The fourth-order valence-corrected chi connectivity index (χ4v) is 2.20. The van der Waals surface area contributed by atoms with E-state index < -0.39 is 5.41 Å². The zero-order chi connectivity index (χ0) is 10.2. The third kappa shape index (κ3) is 1.50. The van der Waals surface area contributed by atoms with E-state index in [0.29, 0.717) is 12.0 Å². The number of nitrogens with one attached hydrogen (secondary N) is 1. The van der Waals surface area contributed by atoms with Crippen LogP contribution in [0.1, 0.15) is 39.0 Å². The third-order valence-corrected chi connectivity index (χ3v) is 3.53. The summed E-state index contributed by atoms with van der Waals surface area (Å²) in [6.45, 7) is 2.12. The van der Waals surface area contributed by atoms with Gasteiger partial charge in [-0.2, -0.15) is 5.26 Å². The molecule has 0 saturated heterocycles. The van der Waals surface area contributed by atoms with Gasteiger partial charge in [-0.05, 0) is 25.2 Å². The SMILES string of the molecule is CC1CC1NC(=O)C1(C#N)CCCC1. The van der Waals surface area contributed by atoms with Crippen LogP contribution >= 0.6 is 0 Å². The van der Waals surface area contributed by atoms with Crippen LogP contribution in [0.3, 0.4) is 0 Å². The van der Waals surface area contributed by atoms with E-state index in [0.717, 1.165) is 32.1 Å². The summed E-state index contributed by atoms with van der Waals surface area (Å²) in [5.41, 5.74) is -0.692. The Balaban J connectivity index is 1.98. The average Bonchev–Trinajstić information content (AvgIpc) is 2.73. The van der Waals surface area contributed by atoms with E-state index in [2.05, 4.69) is 18.3 Å². The van der Waals surface area contributed by atoms with Gasteiger partial charge in [0.15, 0.2) is 0 Å². The molecule has 1 amide bonds. The Bertz CT molecular complexity index is 286. The first-order valence-corrected chi connectivity index (χ1v) is 5.40. The minimum atomic E-state index is -0.692. The minimum Gasteiger partial charge on any atom is -0.352 e. The summed E-state index contributed by atoms with van der Waals surface area (Å²) in [6.07, 6.45) is 4.60. The van der Waals surface area contributed by atoms with Crippen LogP contribution < -0.4 is 5.32 Å². The highest BCUT2D eigenvalue weighted by Gasteiger charge is 2.44. The number of hydrogen-bond donors (Lipinski definition) is 1. The smallest absolute Gasteiger partial charge is 0.240 e. The van der Waals surface area contributed by atoms with Crippen LogP contribution in [0.25, 0.3) is 0 Å². The standard InChI is InChI=1S/C11H16N2O/c1-8-6-9(8)13-10(14)11(7-12)4-2-3-5-11/h8-9H,2-6H2,1H3,(H,13,14). The molecule has 76 valence electrons. The summed E-state index contributed by atoms with van der Waals surface area (Å²) in [4.78, 5) is 11.9. The molecule has 0 aromatic heterocycles. The molecule has 2 unspecified atom stereocenters. The quantitative estimate of drug-likeness (QED) is 0.722. The van der Waals surface area contributed by atoms with Gasteiger partial charge < -0.3 is 5.32 Å². The number of carbonyl (C=O) groups is 1. The predicted octanol–water partition coefficient (Wildman–Crippen LogP) is 1.59. The number of nitrogens with zero attached hydrogens (tertiary/aromatic N) is 1. The Kier molecular flexibility index (Phi) is 2.22. The van der Waals surface area contributed by atoms with Gasteiger partial charge in [0, 0.05) is 6.04 Å². The monoisotopic (exact) mass is 192 g/mol. The topological polar surface area (TPSA) is 52.9 Å². The fourth-order valence-electron chi connectivity index (χ4n) is 2.20. The minimum absolute atomic E-state index is 0.0214. The molecule has 3 nitrogen and oxygen atoms in total. The van der Waals surface area contributed by atoms with Crippen LogP contribution in [0.15, 0.2) is 0 Å². The summed E-state index contributed by atoms with van der Waals surface area (Å²) < 4.78 is 0. The molecule has 2 rings (SSSR count). The van der Waals surface area contributed by atoms with Crippen molar-refractivity contribution in [3.63, 3.8) is 0 Å². The molecular formula is C11H16N2O. The van der Waals surface area contributed by atoms with Crippen molar-refractivity contribution in [3.05, 3.63) is 0 Å². The van der Waals surface area contributed by atoms with E-state index in [1.807, 2.05) is 0 Å². The second kappa shape index (κ2) is 3.27. The van der Waals surface area contributed by atoms with Crippen molar-refractivity contribution in [2.75, 3.05) is 0 Å². The van der Waals surface area contributed by atoms with Crippen LogP contribution in [-0.4, -0.2) is 11.9 Å². The van der Waals surface area contributed by atoms with Crippen molar-refractivity contribution < 1.29 is 4.79 Å². The number of hydrogen-bond acceptors (Lipinski definition) is 2. The van der Waals surface area contributed by atoms with Crippen molar-refractivity contribution in [3.8, 4) is 6.07 Å². The van der Waals surface area contributed by atoms with E-state index in [-0.39, 0.29) is 5.91 Å². The maximum atomic E-state index is 11.9. The highest BCUT2D eigenvalue weighted by molar-refractivity contribution is 5.86. The number of amides is 1. The summed E-state index contributed by atoms with van der Waals surface area (Å²) in [5.74, 6) is 0.586. The first-order chi connectivity index (χ1) is 6.68. The lowest BCUT2D eigenvalue weighted by molar-refractivity contribution is -0.128. The molecule has 0 bridgehead atoms. The summed E-state index contributed by atoms with van der Waals surface area (Å²) >= 11 is 0. The van der Waals surface area contributed by atoms with Crippen LogP contribution in [0.4, 0.5) is 0 Å². The van der Waals surface area contributed by atoms with Gasteiger partial charge >= 0.3 is 0 Å². The molecule has 2 fully saturated rings. The molecular weight excluding hydrogens is 176 g/mol. The van der Waals surface area contributed by atoms with Crippen LogP contribution in [0.2, 0.25) is 0 Å². The molecule has 0 aromatic carbocycles. The largest absolute Gasteiger partial charge is 0.352 e. The summed E-state index contributed by atoms with van der Waals surface area (Å²) in [6, 6.07) is 2.55. The third-order valence-electron chi connectivity index (χ3n) is 3.53. The molecule has 2 atom stereocenters. The number of carbonyl (C=O) groups excluding carboxylic acids is 1. The second-order valence-corrected chi connectivity index (χ2v) is 4.69. The normalized spacial score (nSPS) is 33.4. The molecule has 1 N–H and O–H groups in total. The van der Waals surface area contributed by atoms with Gasteiger partial charge in [-0.25, -0.2) is 0 Å². The lowest BCUT2D eigenvalue weighted by Gasteiger charge is -2.19. The molecule has 0 heterocycles. The van der Waals surface area contributed by atoms with Gasteiger partial charge in [0.2, 0.25) is 5.91 Å². The zero-order valence-corrected chi connectivity index (χ0v) is 8.55. The molecule has 14 heavy (non-hydrogen) atoms. The molecule has 0 aromatic rings. The van der Waals surface area contributed by atoms with Gasteiger partial charge in [0.1, 0.15) is 5.41 Å². The number of nitriles is 1. The lowest BCUT2D eigenvalue weighted by Crippen LogP contribution is -2.39. The van der Waals surface area contributed by atoms with Gasteiger partial charge in [0.05, 0.1) is 6.07 Å². The highest BCUT2D eigenvalue weighted by atomic mass is 16.2. The number of rotatable bonds is 2.